The Morgan fingerprint density at radius 3 is 2.50 bits per heavy atom. The third kappa shape index (κ3) is 4.22. The highest BCUT2D eigenvalue weighted by atomic mass is 35.5. The molecule has 172 valence electrons. The van der Waals surface area contributed by atoms with Crippen molar-refractivity contribution < 1.29 is 17.9 Å². The van der Waals surface area contributed by atoms with Gasteiger partial charge in [-0.15, -0.1) is 0 Å². The van der Waals surface area contributed by atoms with E-state index >= 15 is 0 Å². The van der Waals surface area contributed by atoms with Gasteiger partial charge in [0, 0.05) is 47.0 Å². The van der Waals surface area contributed by atoms with Crippen LogP contribution in [0.2, 0.25) is 5.02 Å². The summed E-state index contributed by atoms with van der Waals surface area (Å²) in [7, 11) is 1.81. The highest BCUT2D eigenvalue weighted by Crippen LogP contribution is 2.29. The van der Waals surface area contributed by atoms with Crippen molar-refractivity contribution in [1.29, 1.82) is 0 Å². The number of fused-ring (bicyclic) bond motifs is 2. The van der Waals surface area contributed by atoms with Crippen LogP contribution in [-0.4, -0.2) is 32.1 Å². The topological polar surface area (TPSA) is 61.9 Å². The Hall–Kier alpha value is -3.85. The molecule has 0 unspecified atom stereocenters. The molecule has 0 saturated carbocycles. The largest absolute Gasteiger partial charge is 0.468 e. The molecule has 0 atom stereocenters. The van der Waals surface area contributed by atoms with Crippen molar-refractivity contribution in [3.63, 3.8) is 0 Å². The number of ether oxygens (including phenoxy) is 1. The number of aromatic nitrogens is 4. The Morgan fingerprint density at radius 2 is 1.76 bits per heavy atom. The van der Waals surface area contributed by atoms with Crippen molar-refractivity contribution >= 4 is 33.4 Å². The number of hydrogen-bond donors (Lipinski definition) is 0. The van der Waals surface area contributed by atoms with Crippen molar-refractivity contribution in [2.75, 3.05) is 6.61 Å². The molecule has 10 heteroatoms. The summed E-state index contributed by atoms with van der Waals surface area (Å²) < 4.78 is 45.9. The van der Waals surface area contributed by atoms with Crippen molar-refractivity contribution in [2.24, 2.45) is 7.05 Å². The molecule has 2 aromatic carbocycles. The summed E-state index contributed by atoms with van der Waals surface area (Å²) in [5.74, 6) is -0.228. The zero-order valence-corrected chi connectivity index (χ0v) is 18.4. The summed E-state index contributed by atoms with van der Waals surface area (Å²) in [5, 5.41) is 6.24. The Balaban J connectivity index is 1.73. The van der Waals surface area contributed by atoms with Gasteiger partial charge in [-0.25, -0.2) is 4.98 Å². The van der Waals surface area contributed by atoms with E-state index in [1.807, 2.05) is 25.4 Å². The molecule has 0 spiro atoms. The number of nitrogens with zero attached hydrogens (tertiary/aromatic N) is 4. The van der Waals surface area contributed by atoms with E-state index in [1.165, 1.54) is 10.6 Å². The monoisotopic (exact) mass is 484 g/mol. The highest BCUT2D eigenvalue weighted by Gasteiger charge is 2.29. The quantitative estimate of drug-likeness (QED) is 0.336. The molecule has 5 aromatic rings. The number of pyridine rings is 2. The van der Waals surface area contributed by atoms with Gasteiger partial charge in [-0.3, -0.25) is 14.0 Å². The summed E-state index contributed by atoms with van der Waals surface area (Å²) >= 11 is 6.02. The lowest BCUT2D eigenvalue weighted by atomic mass is 10.0. The molecule has 0 amide bonds. The van der Waals surface area contributed by atoms with Crippen LogP contribution in [0.15, 0.2) is 71.8 Å². The SMILES string of the molecule is Cn1cc2cc(-n3cc4ccc(OCC(F)(F)F)nc4c(-c4ccc(Cl)cc4)c3=O)ccc2n1. The Labute approximate surface area is 195 Å². The second-order valence-corrected chi connectivity index (χ2v) is 8.16. The molecule has 3 aromatic heterocycles. The van der Waals surface area contributed by atoms with E-state index in [-0.39, 0.29) is 17.0 Å². The molecule has 0 fully saturated rings. The predicted molar refractivity (Wildman–Crippen MR) is 124 cm³/mol. The molecule has 0 N–H and O–H groups in total. The summed E-state index contributed by atoms with van der Waals surface area (Å²) in [6.07, 6.45) is -1.06. The average Bonchev–Trinajstić information content (AvgIpc) is 3.17. The van der Waals surface area contributed by atoms with Crippen LogP contribution in [-0.2, 0) is 7.05 Å². The fourth-order valence-corrected chi connectivity index (χ4v) is 3.89. The summed E-state index contributed by atoms with van der Waals surface area (Å²) in [6.45, 7) is -1.48. The Kier molecular flexibility index (Phi) is 5.28. The first-order valence-electron chi connectivity index (χ1n) is 10.1. The maximum absolute atomic E-state index is 13.7. The zero-order valence-electron chi connectivity index (χ0n) is 17.7. The fourth-order valence-electron chi connectivity index (χ4n) is 3.77. The molecule has 5 rings (SSSR count). The lowest BCUT2D eigenvalue weighted by molar-refractivity contribution is -0.154. The Morgan fingerprint density at radius 1 is 1.00 bits per heavy atom. The van der Waals surface area contributed by atoms with Crippen molar-refractivity contribution in [3.8, 4) is 22.7 Å². The highest BCUT2D eigenvalue weighted by molar-refractivity contribution is 6.30. The van der Waals surface area contributed by atoms with Crippen LogP contribution in [0.25, 0.3) is 38.6 Å². The van der Waals surface area contributed by atoms with Gasteiger partial charge < -0.3 is 4.74 Å². The van der Waals surface area contributed by atoms with E-state index in [0.717, 1.165) is 10.9 Å². The predicted octanol–water partition coefficient (Wildman–Crippen LogP) is 5.53. The van der Waals surface area contributed by atoms with Crippen LogP contribution in [0, 0.1) is 0 Å². The summed E-state index contributed by atoms with van der Waals surface area (Å²) in [4.78, 5) is 17.9. The second kappa shape index (κ2) is 8.18. The zero-order chi connectivity index (χ0) is 24.0. The van der Waals surface area contributed by atoms with Gasteiger partial charge in [0.15, 0.2) is 6.61 Å². The molecule has 0 aliphatic heterocycles. The van der Waals surface area contributed by atoms with Crippen molar-refractivity contribution in [3.05, 3.63) is 82.4 Å². The van der Waals surface area contributed by atoms with Crippen molar-refractivity contribution in [1.82, 2.24) is 19.3 Å². The maximum Gasteiger partial charge on any atom is 0.422 e. The first-order chi connectivity index (χ1) is 16.2. The van der Waals surface area contributed by atoms with E-state index in [0.29, 0.717) is 21.7 Å². The number of halogens is 4. The molecule has 3 heterocycles. The lowest BCUT2D eigenvalue weighted by Gasteiger charge is -2.14. The molecule has 0 radical (unpaired) electrons. The molecular formula is C24H16ClF3N4O2. The third-order valence-corrected chi connectivity index (χ3v) is 5.49. The number of hydrogen-bond acceptors (Lipinski definition) is 4. The molecule has 0 aliphatic carbocycles. The molecule has 6 nitrogen and oxygen atoms in total. The molecule has 0 saturated heterocycles. The maximum atomic E-state index is 13.7. The van der Waals surface area contributed by atoms with E-state index in [9.17, 15) is 18.0 Å². The van der Waals surface area contributed by atoms with Crippen LogP contribution < -0.4 is 10.3 Å². The van der Waals surface area contributed by atoms with Gasteiger partial charge >= 0.3 is 6.18 Å². The van der Waals surface area contributed by atoms with Crippen LogP contribution in [0.4, 0.5) is 13.2 Å². The van der Waals surface area contributed by atoms with E-state index in [2.05, 4.69) is 10.1 Å². The number of aryl methyl sites for hydroxylation is 1. The normalized spacial score (nSPS) is 11.9. The van der Waals surface area contributed by atoms with Crippen LogP contribution in [0.1, 0.15) is 0 Å². The number of benzene rings is 2. The van der Waals surface area contributed by atoms with Gasteiger partial charge in [-0.2, -0.15) is 18.3 Å². The van der Waals surface area contributed by atoms with E-state index in [4.69, 9.17) is 16.3 Å². The van der Waals surface area contributed by atoms with Gasteiger partial charge in [0.1, 0.15) is 0 Å². The van der Waals surface area contributed by atoms with Gasteiger partial charge in [-0.05, 0) is 42.0 Å². The minimum Gasteiger partial charge on any atom is -0.468 e. The van der Waals surface area contributed by atoms with E-state index < -0.39 is 18.3 Å². The summed E-state index contributed by atoms with van der Waals surface area (Å²) in [5.41, 5.74) is 1.98. The second-order valence-electron chi connectivity index (χ2n) is 7.72. The van der Waals surface area contributed by atoms with Gasteiger partial charge in [-0.1, -0.05) is 23.7 Å². The minimum absolute atomic E-state index is 0.220. The number of rotatable bonds is 4. The van der Waals surface area contributed by atoms with Crippen LogP contribution in [0.3, 0.4) is 0 Å². The van der Waals surface area contributed by atoms with Gasteiger partial charge in [0.2, 0.25) is 5.88 Å². The molecule has 0 bridgehead atoms. The van der Waals surface area contributed by atoms with Crippen molar-refractivity contribution in [2.45, 2.75) is 6.18 Å². The smallest absolute Gasteiger partial charge is 0.422 e. The molecular weight excluding hydrogens is 469 g/mol. The first kappa shape index (κ1) is 22.0. The lowest BCUT2D eigenvalue weighted by Crippen LogP contribution is -2.21. The third-order valence-electron chi connectivity index (χ3n) is 5.24. The average molecular weight is 485 g/mol. The fraction of sp³-hybridized carbons (Fsp3) is 0.125. The van der Waals surface area contributed by atoms with Crippen LogP contribution in [0.5, 0.6) is 5.88 Å². The minimum atomic E-state index is -4.51. The van der Waals surface area contributed by atoms with Crippen LogP contribution >= 0.6 is 11.6 Å². The van der Waals surface area contributed by atoms with Gasteiger partial charge in [0.05, 0.1) is 16.6 Å². The summed E-state index contributed by atoms with van der Waals surface area (Å²) in [6, 6.07) is 14.9. The van der Waals surface area contributed by atoms with Gasteiger partial charge in [0.25, 0.3) is 5.56 Å². The Bertz CT molecular complexity index is 1590. The number of alkyl halides is 3. The molecule has 34 heavy (non-hydrogen) atoms. The first-order valence-corrected chi connectivity index (χ1v) is 10.5. The molecule has 0 aliphatic rings. The van der Waals surface area contributed by atoms with E-state index in [1.54, 1.807) is 47.3 Å². The standard InChI is InChI=1S/C24H16ClF3N4O2/c1-31-11-16-10-18(7-8-19(16)30-31)32-12-15-4-9-20(34-13-24(26,27)28)29-22(15)21(23(32)33)14-2-5-17(25)6-3-14/h2-12H,13H2,1H3.